The number of hydrogen-bond acceptors (Lipinski definition) is 5. The molecule has 0 N–H and O–H groups in total. The van der Waals surface area contributed by atoms with E-state index in [-0.39, 0.29) is 23.5 Å². The summed E-state index contributed by atoms with van der Waals surface area (Å²) in [5.74, 6) is -0.0360. The lowest BCUT2D eigenvalue weighted by Gasteiger charge is -2.20. The first-order chi connectivity index (χ1) is 10.9. The van der Waals surface area contributed by atoms with Crippen molar-refractivity contribution in [2.24, 2.45) is 0 Å². The first-order valence-corrected chi connectivity index (χ1v) is 10.5. The standard InChI is InChI=1S/C16H17NO3S3/c1-2-11-3-5-12(6-4-11)9-14-15(18)17(16(21)22-14)13-7-8-23(19,20)10-13/h3-6,9,13H,2,7-8,10H2,1H3/b14-9-/t13-/m1/s1. The summed E-state index contributed by atoms with van der Waals surface area (Å²) in [7, 11) is -3.05. The lowest BCUT2D eigenvalue weighted by atomic mass is 10.1. The zero-order valence-corrected chi connectivity index (χ0v) is 15.1. The fourth-order valence-corrected chi connectivity index (χ4v) is 5.87. The molecule has 23 heavy (non-hydrogen) atoms. The summed E-state index contributed by atoms with van der Waals surface area (Å²) in [4.78, 5) is 14.6. The number of carbonyl (C=O) groups is 1. The van der Waals surface area contributed by atoms with Crippen molar-refractivity contribution in [2.45, 2.75) is 25.8 Å². The van der Waals surface area contributed by atoms with Crippen molar-refractivity contribution in [1.29, 1.82) is 0 Å². The van der Waals surface area contributed by atoms with Gasteiger partial charge in [0.1, 0.15) is 4.32 Å². The van der Waals surface area contributed by atoms with Crippen LogP contribution in [0.4, 0.5) is 0 Å². The molecule has 0 bridgehead atoms. The zero-order valence-electron chi connectivity index (χ0n) is 12.7. The van der Waals surface area contributed by atoms with Crippen LogP contribution in [0.25, 0.3) is 6.08 Å². The molecule has 0 aliphatic carbocycles. The number of thioether (sulfide) groups is 1. The largest absolute Gasteiger partial charge is 0.289 e. The summed E-state index contributed by atoms with van der Waals surface area (Å²) in [6, 6.07) is 7.71. The molecule has 2 aliphatic rings. The molecule has 0 spiro atoms. The molecule has 0 radical (unpaired) electrons. The molecule has 0 saturated carbocycles. The molecule has 2 heterocycles. The van der Waals surface area contributed by atoms with Crippen molar-refractivity contribution < 1.29 is 13.2 Å². The lowest BCUT2D eigenvalue weighted by Crippen LogP contribution is -2.39. The van der Waals surface area contributed by atoms with Gasteiger partial charge in [-0.25, -0.2) is 8.42 Å². The van der Waals surface area contributed by atoms with Crippen molar-refractivity contribution in [1.82, 2.24) is 4.90 Å². The number of rotatable bonds is 3. The molecular weight excluding hydrogens is 350 g/mol. The fourth-order valence-electron chi connectivity index (χ4n) is 2.77. The van der Waals surface area contributed by atoms with E-state index < -0.39 is 9.84 Å². The van der Waals surface area contributed by atoms with Crippen molar-refractivity contribution >= 4 is 50.1 Å². The van der Waals surface area contributed by atoms with Crippen LogP contribution in [-0.2, 0) is 21.1 Å². The summed E-state index contributed by atoms with van der Waals surface area (Å²) in [6.07, 6.45) is 3.26. The maximum absolute atomic E-state index is 12.6. The Balaban J connectivity index is 1.81. The molecule has 3 rings (SSSR count). The van der Waals surface area contributed by atoms with E-state index >= 15 is 0 Å². The minimum absolute atomic E-state index is 0.0118. The minimum atomic E-state index is -3.05. The number of hydrogen-bond donors (Lipinski definition) is 0. The van der Waals surface area contributed by atoms with Gasteiger partial charge in [-0.15, -0.1) is 0 Å². The molecule has 4 nitrogen and oxygen atoms in total. The molecule has 0 unspecified atom stereocenters. The van der Waals surface area contributed by atoms with Crippen molar-refractivity contribution in [3.8, 4) is 0 Å². The molecule has 2 aliphatic heterocycles. The molecular formula is C16H17NO3S3. The minimum Gasteiger partial charge on any atom is -0.289 e. The van der Waals surface area contributed by atoms with Crippen LogP contribution in [0.15, 0.2) is 29.2 Å². The Bertz CT molecular complexity index is 781. The highest BCUT2D eigenvalue weighted by molar-refractivity contribution is 8.26. The monoisotopic (exact) mass is 367 g/mol. The third kappa shape index (κ3) is 3.51. The van der Waals surface area contributed by atoms with Gasteiger partial charge in [-0.3, -0.25) is 9.69 Å². The van der Waals surface area contributed by atoms with E-state index in [1.807, 2.05) is 30.3 Å². The average Bonchev–Trinajstić information content (AvgIpc) is 2.99. The molecule has 1 aromatic rings. The molecule has 2 fully saturated rings. The fraction of sp³-hybridized carbons (Fsp3) is 0.375. The van der Waals surface area contributed by atoms with Gasteiger partial charge in [0.2, 0.25) is 0 Å². The Hall–Kier alpha value is -1.18. The summed E-state index contributed by atoms with van der Waals surface area (Å²) >= 11 is 6.54. The zero-order chi connectivity index (χ0) is 16.6. The van der Waals surface area contributed by atoms with Crippen LogP contribution in [0.2, 0.25) is 0 Å². The first kappa shape index (κ1) is 16.7. The Morgan fingerprint density at radius 2 is 2.04 bits per heavy atom. The summed E-state index contributed by atoms with van der Waals surface area (Å²) < 4.78 is 23.7. The van der Waals surface area contributed by atoms with Crippen molar-refractivity contribution in [3.63, 3.8) is 0 Å². The van der Waals surface area contributed by atoms with E-state index in [1.165, 1.54) is 22.2 Å². The maximum Gasteiger partial charge on any atom is 0.266 e. The highest BCUT2D eigenvalue weighted by atomic mass is 32.2. The number of benzene rings is 1. The Morgan fingerprint density at radius 1 is 1.35 bits per heavy atom. The predicted octanol–water partition coefficient (Wildman–Crippen LogP) is 2.64. The van der Waals surface area contributed by atoms with Crippen molar-refractivity contribution in [3.05, 3.63) is 40.3 Å². The Kier molecular flexibility index (Phi) is 4.62. The number of sulfone groups is 1. The van der Waals surface area contributed by atoms with E-state index in [1.54, 1.807) is 0 Å². The van der Waals surface area contributed by atoms with E-state index in [2.05, 4.69) is 6.92 Å². The Morgan fingerprint density at radius 3 is 2.61 bits per heavy atom. The number of amides is 1. The van der Waals surface area contributed by atoms with Gasteiger partial charge in [-0.2, -0.15) is 0 Å². The van der Waals surface area contributed by atoms with E-state index in [0.717, 1.165) is 12.0 Å². The SMILES string of the molecule is CCc1ccc(/C=C2\SC(=S)N([C@@H]3CCS(=O)(=O)C3)C2=O)cc1. The quantitative estimate of drug-likeness (QED) is 0.607. The van der Waals surface area contributed by atoms with E-state index in [0.29, 0.717) is 15.6 Å². The second-order valence-corrected chi connectivity index (χ2v) is 9.61. The number of nitrogens with zero attached hydrogens (tertiary/aromatic N) is 1. The van der Waals surface area contributed by atoms with Gasteiger partial charge in [-0.1, -0.05) is 55.2 Å². The van der Waals surface area contributed by atoms with Crippen LogP contribution in [-0.4, -0.2) is 41.1 Å². The number of carbonyl (C=O) groups excluding carboxylic acids is 1. The van der Waals surface area contributed by atoms with E-state index in [9.17, 15) is 13.2 Å². The van der Waals surface area contributed by atoms with Gasteiger partial charge in [0.05, 0.1) is 22.5 Å². The van der Waals surface area contributed by atoms with Gasteiger partial charge < -0.3 is 0 Å². The first-order valence-electron chi connectivity index (χ1n) is 7.46. The van der Waals surface area contributed by atoms with Crippen molar-refractivity contribution in [2.75, 3.05) is 11.5 Å². The third-order valence-corrected chi connectivity index (χ3v) is 7.16. The normalized spacial score (nSPS) is 25.5. The highest BCUT2D eigenvalue weighted by Gasteiger charge is 2.42. The van der Waals surface area contributed by atoms with Gasteiger partial charge in [0.25, 0.3) is 5.91 Å². The molecule has 122 valence electrons. The van der Waals surface area contributed by atoms with Gasteiger partial charge in [0.15, 0.2) is 9.84 Å². The Labute approximate surface area is 145 Å². The van der Waals surface area contributed by atoms with Crippen LogP contribution >= 0.6 is 24.0 Å². The highest BCUT2D eigenvalue weighted by Crippen LogP contribution is 2.36. The van der Waals surface area contributed by atoms with Gasteiger partial charge in [-0.05, 0) is 30.0 Å². The number of thiocarbonyl (C=S) groups is 1. The number of aryl methyl sites for hydroxylation is 1. The summed E-state index contributed by atoms with van der Waals surface area (Å²) in [5, 5.41) is 0. The summed E-state index contributed by atoms with van der Waals surface area (Å²) in [6.45, 7) is 2.09. The third-order valence-electron chi connectivity index (χ3n) is 4.08. The second kappa shape index (κ2) is 6.37. The molecule has 7 heteroatoms. The van der Waals surface area contributed by atoms with Gasteiger partial charge in [0, 0.05) is 0 Å². The maximum atomic E-state index is 12.6. The predicted molar refractivity (Wildman–Crippen MR) is 97.9 cm³/mol. The molecule has 2 saturated heterocycles. The van der Waals surface area contributed by atoms with Crippen LogP contribution < -0.4 is 0 Å². The molecule has 1 aromatic carbocycles. The average molecular weight is 368 g/mol. The second-order valence-electron chi connectivity index (χ2n) is 5.70. The topological polar surface area (TPSA) is 54.5 Å². The molecule has 1 amide bonds. The van der Waals surface area contributed by atoms with E-state index in [4.69, 9.17) is 12.2 Å². The van der Waals surface area contributed by atoms with Gasteiger partial charge >= 0.3 is 0 Å². The van der Waals surface area contributed by atoms with Crippen LogP contribution in [0.1, 0.15) is 24.5 Å². The lowest BCUT2D eigenvalue weighted by molar-refractivity contribution is -0.123. The smallest absolute Gasteiger partial charge is 0.266 e. The van der Waals surface area contributed by atoms with Crippen LogP contribution in [0.3, 0.4) is 0 Å². The van der Waals surface area contributed by atoms with Crippen LogP contribution in [0, 0.1) is 0 Å². The van der Waals surface area contributed by atoms with Crippen LogP contribution in [0.5, 0.6) is 0 Å². The molecule has 0 aromatic heterocycles. The summed E-state index contributed by atoms with van der Waals surface area (Å²) in [5.41, 5.74) is 2.19. The molecule has 1 atom stereocenters.